The van der Waals surface area contributed by atoms with E-state index in [9.17, 15) is 9.90 Å². The van der Waals surface area contributed by atoms with Gasteiger partial charge in [-0.1, -0.05) is 18.2 Å². The molecule has 1 aliphatic rings. The molecule has 0 bridgehead atoms. The van der Waals surface area contributed by atoms with Crippen molar-refractivity contribution >= 4 is 5.97 Å². The molecule has 0 amide bonds. The summed E-state index contributed by atoms with van der Waals surface area (Å²) in [5.41, 5.74) is 3.70. The average molecular weight is 265 g/mol. The Morgan fingerprint density at radius 2 is 2.05 bits per heavy atom. The summed E-state index contributed by atoms with van der Waals surface area (Å²) in [7, 11) is 0. The second-order valence-electron chi connectivity index (χ2n) is 4.77. The molecule has 0 aliphatic carbocycles. The van der Waals surface area contributed by atoms with Crippen LogP contribution >= 0.6 is 0 Å². The van der Waals surface area contributed by atoms with E-state index in [0.29, 0.717) is 5.69 Å². The van der Waals surface area contributed by atoms with E-state index in [2.05, 4.69) is 11.1 Å². The molecule has 1 aliphatic heterocycles. The third-order valence-corrected chi connectivity index (χ3v) is 3.63. The van der Waals surface area contributed by atoms with Gasteiger partial charge in [-0.05, 0) is 23.8 Å². The molecule has 0 saturated heterocycles. The third-order valence-electron chi connectivity index (χ3n) is 3.63. The first-order chi connectivity index (χ1) is 9.75. The minimum atomic E-state index is -1.01. The van der Waals surface area contributed by atoms with Crippen molar-refractivity contribution in [3.05, 3.63) is 60.2 Å². The van der Waals surface area contributed by atoms with Crippen LogP contribution in [0.1, 0.15) is 16.1 Å². The van der Waals surface area contributed by atoms with Gasteiger partial charge in [-0.15, -0.1) is 0 Å². The number of nitrogens with zero attached hydrogens (tertiary/aromatic N) is 3. The van der Waals surface area contributed by atoms with Crippen LogP contribution in [0.15, 0.2) is 48.9 Å². The monoisotopic (exact) mass is 265 g/mol. The van der Waals surface area contributed by atoms with Crippen LogP contribution in [0.4, 0.5) is 0 Å². The molecular weight excluding hydrogens is 254 g/mol. The lowest BCUT2D eigenvalue weighted by Crippen LogP contribution is -2.03. The molecule has 0 fully saturated rings. The molecule has 0 radical (unpaired) electrons. The number of hydrogen-bond acceptors (Lipinski definition) is 2. The first-order valence-corrected chi connectivity index (χ1v) is 6.30. The van der Waals surface area contributed by atoms with Crippen LogP contribution in [0.2, 0.25) is 0 Å². The minimum Gasteiger partial charge on any atom is -0.476 e. The fourth-order valence-electron chi connectivity index (χ4n) is 2.76. The topological polar surface area (TPSA) is 60.0 Å². The highest BCUT2D eigenvalue weighted by molar-refractivity contribution is 5.93. The van der Waals surface area contributed by atoms with Gasteiger partial charge >= 0.3 is 5.97 Å². The molecule has 4 rings (SSSR count). The summed E-state index contributed by atoms with van der Waals surface area (Å²) in [6.07, 6.45) is 3.54. The molecule has 5 heteroatoms. The number of benzene rings is 1. The van der Waals surface area contributed by atoms with E-state index in [4.69, 9.17) is 0 Å². The maximum Gasteiger partial charge on any atom is 0.356 e. The van der Waals surface area contributed by atoms with Gasteiger partial charge in [-0.2, -0.15) is 0 Å². The van der Waals surface area contributed by atoms with Crippen LogP contribution in [0.5, 0.6) is 0 Å². The SMILES string of the molecule is O=C(O)c1ncn2c1-c1cccn1Cc1ccccc1-2. The van der Waals surface area contributed by atoms with Gasteiger partial charge in [0.15, 0.2) is 5.69 Å². The van der Waals surface area contributed by atoms with Gasteiger partial charge in [-0.3, -0.25) is 4.57 Å². The maximum atomic E-state index is 11.4. The lowest BCUT2D eigenvalue weighted by atomic mass is 10.1. The number of rotatable bonds is 1. The Morgan fingerprint density at radius 3 is 2.90 bits per heavy atom. The largest absolute Gasteiger partial charge is 0.476 e. The zero-order valence-electron chi connectivity index (χ0n) is 10.5. The maximum absolute atomic E-state index is 11.4. The summed E-state index contributed by atoms with van der Waals surface area (Å²) < 4.78 is 3.91. The lowest BCUT2D eigenvalue weighted by molar-refractivity contribution is 0.0692. The summed E-state index contributed by atoms with van der Waals surface area (Å²) in [4.78, 5) is 15.5. The number of fused-ring (bicyclic) bond motifs is 5. The Balaban J connectivity index is 2.13. The van der Waals surface area contributed by atoms with Crippen LogP contribution in [0, 0.1) is 0 Å². The van der Waals surface area contributed by atoms with Crippen LogP contribution in [0.25, 0.3) is 17.1 Å². The molecule has 1 N–H and O–H groups in total. The highest BCUT2D eigenvalue weighted by atomic mass is 16.4. The molecule has 3 heterocycles. The van der Waals surface area contributed by atoms with Gasteiger partial charge in [0, 0.05) is 12.7 Å². The number of hydrogen-bond donors (Lipinski definition) is 1. The van der Waals surface area contributed by atoms with E-state index >= 15 is 0 Å². The number of imidazole rings is 1. The first kappa shape index (κ1) is 11.0. The first-order valence-electron chi connectivity index (χ1n) is 6.30. The molecule has 0 spiro atoms. The van der Waals surface area contributed by atoms with Crippen LogP contribution in [0.3, 0.4) is 0 Å². The zero-order valence-corrected chi connectivity index (χ0v) is 10.5. The summed E-state index contributed by atoms with van der Waals surface area (Å²) in [5, 5.41) is 9.35. The van der Waals surface area contributed by atoms with E-state index in [1.54, 1.807) is 6.33 Å². The zero-order chi connectivity index (χ0) is 13.7. The standard InChI is InChI=1S/C15H11N3O2/c19-15(20)13-14-12-6-3-7-17(12)8-10-4-1-2-5-11(10)18(14)9-16-13/h1-7,9H,8H2,(H,19,20). The van der Waals surface area contributed by atoms with Crippen molar-refractivity contribution in [3.63, 3.8) is 0 Å². The Morgan fingerprint density at radius 1 is 1.20 bits per heavy atom. The minimum absolute atomic E-state index is 0.0849. The normalized spacial score (nSPS) is 12.2. The summed E-state index contributed by atoms with van der Waals surface area (Å²) in [6, 6.07) is 11.8. The van der Waals surface area contributed by atoms with Crippen LogP contribution in [-0.4, -0.2) is 25.2 Å². The molecule has 2 aromatic heterocycles. The predicted octanol–water partition coefficient (Wildman–Crippen LogP) is 2.40. The van der Waals surface area contributed by atoms with Crippen LogP contribution in [-0.2, 0) is 6.54 Å². The number of carboxylic acids is 1. The van der Waals surface area contributed by atoms with Crippen molar-refractivity contribution in [2.75, 3.05) is 0 Å². The highest BCUT2D eigenvalue weighted by Crippen LogP contribution is 2.32. The van der Waals surface area contributed by atoms with E-state index in [0.717, 1.165) is 23.5 Å². The second-order valence-corrected chi connectivity index (χ2v) is 4.77. The highest BCUT2D eigenvalue weighted by Gasteiger charge is 2.25. The summed E-state index contributed by atoms with van der Waals surface area (Å²) >= 11 is 0. The number of carbonyl (C=O) groups is 1. The molecule has 0 unspecified atom stereocenters. The van der Waals surface area contributed by atoms with Crippen molar-refractivity contribution in [1.82, 2.24) is 14.1 Å². The van der Waals surface area contributed by atoms with Crippen LogP contribution < -0.4 is 0 Å². The molecule has 0 saturated carbocycles. The Hall–Kier alpha value is -2.82. The fourth-order valence-corrected chi connectivity index (χ4v) is 2.76. The Kier molecular flexibility index (Phi) is 2.12. The molecule has 5 nitrogen and oxygen atoms in total. The average Bonchev–Trinajstić information content (AvgIpc) is 3.03. The van der Waals surface area contributed by atoms with Crippen molar-refractivity contribution in [1.29, 1.82) is 0 Å². The number of carboxylic acid groups (broad SMARTS) is 1. The third kappa shape index (κ3) is 1.37. The molecule has 3 aromatic rings. The smallest absolute Gasteiger partial charge is 0.356 e. The number of para-hydroxylation sites is 1. The van der Waals surface area contributed by atoms with Gasteiger partial charge in [0.25, 0.3) is 0 Å². The lowest BCUT2D eigenvalue weighted by Gasteiger charge is -2.08. The van der Waals surface area contributed by atoms with Crippen molar-refractivity contribution in [2.45, 2.75) is 6.54 Å². The molecule has 20 heavy (non-hydrogen) atoms. The van der Waals surface area contributed by atoms with E-state index in [1.165, 1.54) is 0 Å². The Bertz CT molecular complexity index is 829. The summed E-state index contributed by atoms with van der Waals surface area (Å²) in [5.74, 6) is -1.01. The Labute approximate surface area is 114 Å². The molecule has 98 valence electrons. The van der Waals surface area contributed by atoms with E-state index in [-0.39, 0.29) is 5.69 Å². The quantitative estimate of drug-likeness (QED) is 0.575. The predicted molar refractivity (Wildman–Crippen MR) is 73.1 cm³/mol. The van der Waals surface area contributed by atoms with Gasteiger partial charge < -0.3 is 9.67 Å². The van der Waals surface area contributed by atoms with E-state index in [1.807, 2.05) is 45.7 Å². The molecule has 1 aromatic carbocycles. The van der Waals surface area contributed by atoms with Crippen molar-refractivity contribution in [3.8, 4) is 17.1 Å². The van der Waals surface area contributed by atoms with Gasteiger partial charge in [0.1, 0.15) is 12.0 Å². The molecular formula is C15H11N3O2. The van der Waals surface area contributed by atoms with Gasteiger partial charge in [0.05, 0.1) is 11.4 Å². The number of aromatic carboxylic acids is 1. The molecule has 0 atom stereocenters. The van der Waals surface area contributed by atoms with Crippen molar-refractivity contribution < 1.29 is 9.90 Å². The van der Waals surface area contributed by atoms with Gasteiger partial charge in [-0.25, -0.2) is 9.78 Å². The van der Waals surface area contributed by atoms with Gasteiger partial charge in [0.2, 0.25) is 0 Å². The number of aromatic nitrogens is 3. The van der Waals surface area contributed by atoms with E-state index < -0.39 is 5.97 Å². The summed E-state index contributed by atoms with van der Waals surface area (Å²) in [6.45, 7) is 0.721. The van der Waals surface area contributed by atoms with Crippen molar-refractivity contribution in [2.24, 2.45) is 0 Å². The second kappa shape index (κ2) is 3.84. The fraction of sp³-hybridized carbons (Fsp3) is 0.0667.